The van der Waals surface area contributed by atoms with E-state index in [1.165, 1.54) is 0 Å². The van der Waals surface area contributed by atoms with Gasteiger partial charge in [-0.05, 0) is 19.9 Å². The molecule has 0 aliphatic rings. The van der Waals surface area contributed by atoms with Gasteiger partial charge in [0.05, 0.1) is 31.8 Å². The number of rotatable bonds is 5. The molecule has 0 radical (unpaired) electrons. The normalized spacial score (nSPS) is 11.5. The van der Waals surface area contributed by atoms with Gasteiger partial charge in [0.15, 0.2) is 11.5 Å². The Bertz CT molecular complexity index is 656. The maximum Gasteiger partial charge on any atom is 0.172 e. The number of methoxy groups -OCH3 is 2. The molecule has 0 atom stereocenters. The molecule has 6 nitrogen and oxygen atoms in total. The number of aliphatic hydroxyl groups excluding tert-OH is 1. The van der Waals surface area contributed by atoms with Crippen LogP contribution in [0.3, 0.4) is 0 Å². The van der Waals surface area contributed by atoms with E-state index < -0.39 is 5.54 Å². The van der Waals surface area contributed by atoms with Crippen molar-refractivity contribution in [2.24, 2.45) is 0 Å². The quantitative estimate of drug-likeness (QED) is 0.730. The summed E-state index contributed by atoms with van der Waals surface area (Å²) in [6, 6.07) is 3.55. The van der Waals surface area contributed by atoms with E-state index in [0.29, 0.717) is 23.0 Å². The molecule has 0 aliphatic carbocycles. The van der Waals surface area contributed by atoms with Crippen LogP contribution in [0.5, 0.6) is 11.5 Å². The summed E-state index contributed by atoms with van der Waals surface area (Å²) in [4.78, 5) is 4.35. The number of hydrogen-bond acceptors (Lipinski definition) is 6. The molecule has 4 N–H and O–H groups in total. The van der Waals surface area contributed by atoms with Crippen LogP contribution in [0.25, 0.3) is 10.8 Å². The predicted octanol–water partition coefficient (Wildman–Crippen LogP) is 2.02. The molecule has 1 heterocycles. The van der Waals surface area contributed by atoms with Crippen molar-refractivity contribution in [1.29, 1.82) is 0 Å². The standard InChI is InChI=1S/C15H21N3O3/c1-15(2,8-19)18-14-12-9(5-6-17-14)10(16)7-11(20-3)13(12)21-4/h5-7,19H,8,16H2,1-4H3,(H,17,18). The first-order chi connectivity index (χ1) is 9.93. The molecule has 0 fully saturated rings. The van der Waals surface area contributed by atoms with Crippen molar-refractivity contribution in [2.45, 2.75) is 19.4 Å². The lowest BCUT2D eigenvalue weighted by Gasteiger charge is -2.25. The van der Waals surface area contributed by atoms with Crippen LogP contribution < -0.4 is 20.5 Å². The summed E-state index contributed by atoms with van der Waals surface area (Å²) >= 11 is 0. The average molecular weight is 291 g/mol. The summed E-state index contributed by atoms with van der Waals surface area (Å²) < 4.78 is 10.8. The van der Waals surface area contributed by atoms with Gasteiger partial charge in [-0.1, -0.05) is 0 Å². The van der Waals surface area contributed by atoms with E-state index in [0.717, 1.165) is 10.8 Å². The van der Waals surface area contributed by atoms with Crippen LogP contribution in [0.2, 0.25) is 0 Å². The van der Waals surface area contributed by atoms with Crippen LogP contribution in [0, 0.1) is 0 Å². The van der Waals surface area contributed by atoms with E-state index >= 15 is 0 Å². The molecule has 0 aliphatic heterocycles. The lowest BCUT2D eigenvalue weighted by molar-refractivity contribution is 0.234. The third-order valence-electron chi connectivity index (χ3n) is 3.28. The van der Waals surface area contributed by atoms with Crippen molar-refractivity contribution in [3.05, 3.63) is 18.3 Å². The summed E-state index contributed by atoms with van der Waals surface area (Å²) in [5.74, 6) is 1.69. The van der Waals surface area contributed by atoms with Crippen molar-refractivity contribution in [1.82, 2.24) is 4.98 Å². The highest BCUT2D eigenvalue weighted by Crippen LogP contribution is 2.42. The molecule has 2 rings (SSSR count). The van der Waals surface area contributed by atoms with Gasteiger partial charge in [-0.25, -0.2) is 4.98 Å². The SMILES string of the molecule is COc1cc(N)c2ccnc(NC(C)(C)CO)c2c1OC. The van der Waals surface area contributed by atoms with Crippen LogP contribution in [-0.2, 0) is 0 Å². The van der Waals surface area contributed by atoms with E-state index in [-0.39, 0.29) is 6.61 Å². The number of hydrogen-bond donors (Lipinski definition) is 3. The number of benzene rings is 1. The van der Waals surface area contributed by atoms with Crippen molar-refractivity contribution >= 4 is 22.3 Å². The smallest absolute Gasteiger partial charge is 0.172 e. The zero-order valence-electron chi connectivity index (χ0n) is 12.7. The van der Waals surface area contributed by atoms with Gasteiger partial charge in [0.1, 0.15) is 5.82 Å². The van der Waals surface area contributed by atoms with E-state index in [1.807, 2.05) is 19.9 Å². The molecule has 21 heavy (non-hydrogen) atoms. The van der Waals surface area contributed by atoms with Gasteiger partial charge in [-0.15, -0.1) is 0 Å². The van der Waals surface area contributed by atoms with Gasteiger partial charge in [0, 0.05) is 23.3 Å². The highest BCUT2D eigenvalue weighted by atomic mass is 16.5. The van der Waals surface area contributed by atoms with Crippen molar-refractivity contribution in [3.63, 3.8) is 0 Å². The summed E-state index contributed by atoms with van der Waals surface area (Å²) in [7, 11) is 3.13. The Kier molecular flexibility index (Phi) is 4.09. The van der Waals surface area contributed by atoms with Gasteiger partial charge >= 0.3 is 0 Å². The highest BCUT2D eigenvalue weighted by Gasteiger charge is 2.21. The molecule has 1 aromatic heterocycles. The number of aliphatic hydroxyl groups is 1. The number of anilines is 2. The number of nitrogens with zero attached hydrogens (tertiary/aromatic N) is 1. The third kappa shape index (κ3) is 2.80. The first kappa shape index (κ1) is 15.2. The lowest BCUT2D eigenvalue weighted by Crippen LogP contribution is -2.35. The van der Waals surface area contributed by atoms with Gasteiger partial charge in [0.2, 0.25) is 0 Å². The number of nitrogen functional groups attached to an aromatic ring is 1. The van der Waals surface area contributed by atoms with Gasteiger partial charge in [-0.2, -0.15) is 0 Å². The van der Waals surface area contributed by atoms with E-state index in [1.54, 1.807) is 26.5 Å². The Morgan fingerprint density at radius 1 is 1.33 bits per heavy atom. The van der Waals surface area contributed by atoms with Crippen molar-refractivity contribution < 1.29 is 14.6 Å². The number of pyridine rings is 1. The zero-order valence-corrected chi connectivity index (χ0v) is 12.7. The Morgan fingerprint density at radius 2 is 2.05 bits per heavy atom. The number of nitrogens with two attached hydrogens (primary N) is 1. The molecule has 2 aromatic rings. The number of nitrogens with one attached hydrogen (secondary N) is 1. The summed E-state index contributed by atoms with van der Waals surface area (Å²) in [6.45, 7) is 3.72. The monoisotopic (exact) mass is 291 g/mol. The lowest BCUT2D eigenvalue weighted by atomic mass is 10.0. The summed E-state index contributed by atoms with van der Waals surface area (Å²) in [6.07, 6.45) is 1.67. The minimum atomic E-state index is -0.524. The molecule has 0 amide bonds. The van der Waals surface area contributed by atoms with Crippen molar-refractivity contribution in [3.8, 4) is 11.5 Å². The average Bonchev–Trinajstić information content (AvgIpc) is 2.47. The van der Waals surface area contributed by atoms with E-state index in [9.17, 15) is 5.11 Å². The first-order valence-electron chi connectivity index (χ1n) is 6.61. The topological polar surface area (TPSA) is 89.6 Å². The number of ether oxygens (including phenoxy) is 2. The van der Waals surface area contributed by atoms with Gasteiger partial charge in [-0.3, -0.25) is 0 Å². The molecule has 114 valence electrons. The van der Waals surface area contributed by atoms with E-state index in [2.05, 4.69) is 10.3 Å². The fourth-order valence-electron chi connectivity index (χ4n) is 2.15. The predicted molar refractivity (Wildman–Crippen MR) is 84.0 cm³/mol. The molecule has 0 bridgehead atoms. The largest absolute Gasteiger partial charge is 0.493 e. The van der Waals surface area contributed by atoms with E-state index in [4.69, 9.17) is 15.2 Å². The minimum absolute atomic E-state index is 0.0349. The van der Waals surface area contributed by atoms with Crippen LogP contribution in [0.4, 0.5) is 11.5 Å². The molecule has 6 heteroatoms. The Hall–Kier alpha value is -2.21. The number of fused-ring (bicyclic) bond motifs is 1. The maximum absolute atomic E-state index is 9.44. The Balaban J connectivity index is 2.74. The molecular weight excluding hydrogens is 270 g/mol. The molecule has 0 saturated carbocycles. The van der Waals surface area contributed by atoms with Gasteiger partial charge in [0.25, 0.3) is 0 Å². The van der Waals surface area contributed by atoms with Crippen LogP contribution in [0.15, 0.2) is 18.3 Å². The Labute approximate surface area is 123 Å². The second-order valence-corrected chi connectivity index (χ2v) is 5.45. The fraction of sp³-hybridized carbons (Fsp3) is 0.400. The summed E-state index contributed by atoms with van der Waals surface area (Å²) in [5, 5.41) is 14.2. The second kappa shape index (κ2) is 5.65. The molecule has 0 unspecified atom stereocenters. The van der Waals surface area contributed by atoms with Crippen LogP contribution >= 0.6 is 0 Å². The Morgan fingerprint density at radius 3 is 2.62 bits per heavy atom. The third-order valence-corrected chi connectivity index (χ3v) is 3.28. The van der Waals surface area contributed by atoms with Crippen LogP contribution in [0.1, 0.15) is 13.8 Å². The molecule has 0 saturated heterocycles. The van der Waals surface area contributed by atoms with Crippen LogP contribution in [-0.4, -0.2) is 36.5 Å². The molecule has 0 spiro atoms. The number of aromatic nitrogens is 1. The highest BCUT2D eigenvalue weighted by molar-refractivity contribution is 6.05. The first-order valence-corrected chi connectivity index (χ1v) is 6.61. The van der Waals surface area contributed by atoms with Gasteiger partial charge < -0.3 is 25.6 Å². The minimum Gasteiger partial charge on any atom is -0.493 e. The summed E-state index contributed by atoms with van der Waals surface area (Å²) in [5.41, 5.74) is 6.14. The molecule has 1 aromatic carbocycles. The molecular formula is C15H21N3O3. The second-order valence-electron chi connectivity index (χ2n) is 5.45. The van der Waals surface area contributed by atoms with Crippen molar-refractivity contribution in [2.75, 3.05) is 31.9 Å². The zero-order chi connectivity index (χ0) is 15.6. The fourth-order valence-corrected chi connectivity index (χ4v) is 2.15. The maximum atomic E-state index is 9.44.